The predicted octanol–water partition coefficient (Wildman–Crippen LogP) is 2.76. The van der Waals surface area contributed by atoms with Crippen molar-refractivity contribution in [3.63, 3.8) is 0 Å². The van der Waals surface area contributed by atoms with E-state index in [0.29, 0.717) is 24.6 Å². The lowest BCUT2D eigenvalue weighted by molar-refractivity contribution is 0.0664. The molecular formula is C21H24N4O4S2. The van der Waals surface area contributed by atoms with Crippen molar-refractivity contribution < 1.29 is 17.6 Å². The first kappa shape index (κ1) is 21.7. The molecule has 1 saturated heterocycles. The summed E-state index contributed by atoms with van der Waals surface area (Å²) in [5, 5.41) is 0.871. The Kier molecular flexibility index (Phi) is 6.22. The number of thioether (sulfide) groups is 1. The maximum atomic E-state index is 12.8. The van der Waals surface area contributed by atoms with Crippen molar-refractivity contribution in [2.45, 2.75) is 22.7 Å². The molecule has 0 saturated carbocycles. The molecule has 4 rings (SSSR count). The maximum absolute atomic E-state index is 12.8. The van der Waals surface area contributed by atoms with Gasteiger partial charge in [0.15, 0.2) is 10.9 Å². The number of benzene rings is 1. The van der Waals surface area contributed by atoms with E-state index < -0.39 is 10.0 Å². The van der Waals surface area contributed by atoms with Gasteiger partial charge in [0.25, 0.3) is 5.91 Å². The zero-order valence-corrected chi connectivity index (χ0v) is 19.0. The first-order chi connectivity index (χ1) is 14.8. The number of furan rings is 1. The average Bonchev–Trinajstić information content (AvgIpc) is 3.41. The second kappa shape index (κ2) is 8.89. The molecule has 0 spiro atoms. The smallest absolute Gasteiger partial charge is 0.289 e. The molecule has 10 heteroatoms. The van der Waals surface area contributed by atoms with Crippen molar-refractivity contribution in [1.29, 1.82) is 0 Å². The number of carbonyl (C=O) groups is 1. The summed E-state index contributed by atoms with van der Waals surface area (Å²) in [5.74, 6) is 1.31. The summed E-state index contributed by atoms with van der Waals surface area (Å²) >= 11 is 1.53. The number of amides is 1. The second-order valence-corrected chi connectivity index (χ2v) is 10.3. The van der Waals surface area contributed by atoms with Gasteiger partial charge in [0, 0.05) is 45.6 Å². The molecule has 0 unspecified atom stereocenters. The van der Waals surface area contributed by atoms with Gasteiger partial charge < -0.3 is 13.9 Å². The summed E-state index contributed by atoms with van der Waals surface area (Å²) in [4.78, 5) is 19.0. The minimum atomic E-state index is -3.56. The van der Waals surface area contributed by atoms with E-state index >= 15 is 0 Å². The highest BCUT2D eigenvalue weighted by atomic mass is 32.2. The van der Waals surface area contributed by atoms with Crippen molar-refractivity contribution in [2.75, 3.05) is 26.2 Å². The van der Waals surface area contributed by atoms with Crippen LogP contribution >= 0.6 is 11.8 Å². The van der Waals surface area contributed by atoms with E-state index in [9.17, 15) is 13.2 Å². The number of aryl methyl sites for hydroxylation is 2. The Balaban J connectivity index is 1.34. The number of rotatable bonds is 6. The van der Waals surface area contributed by atoms with E-state index in [4.69, 9.17) is 4.42 Å². The van der Waals surface area contributed by atoms with Gasteiger partial charge >= 0.3 is 0 Å². The van der Waals surface area contributed by atoms with Crippen LogP contribution in [0.3, 0.4) is 0 Å². The number of nitrogens with zero attached hydrogens (tertiary/aromatic N) is 4. The van der Waals surface area contributed by atoms with E-state index in [0.717, 1.165) is 10.7 Å². The number of imidazole rings is 1. The Labute approximate surface area is 185 Å². The minimum Gasteiger partial charge on any atom is -0.455 e. The minimum absolute atomic E-state index is 0.222. The van der Waals surface area contributed by atoms with Crippen LogP contribution in [0.25, 0.3) is 0 Å². The molecule has 1 aliphatic rings. The van der Waals surface area contributed by atoms with E-state index in [2.05, 4.69) is 4.98 Å². The van der Waals surface area contributed by atoms with Crippen LogP contribution < -0.4 is 0 Å². The van der Waals surface area contributed by atoms with Crippen LogP contribution in [-0.2, 0) is 22.8 Å². The Morgan fingerprint density at radius 1 is 1.10 bits per heavy atom. The summed E-state index contributed by atoms with van der Waals surface area (Å²) in [6, 6.07) is 10.3. The van der Waals surface area contributed by atoms with Crippen molar-refractivity contribution in [1.82, 2.24) is 18.8 Å². The van der Waals surface area contributed by atoms with Gasteiger partial charge in [-0.3, -0.25) is 4.79 Å². The molecule has 1 amide bonds. The topological polar surface area (TPSA) is 88.7 Å². The van der Waals surface area contributed by atoms with Crippen LogP contribution in [0.15, 0.2) is 63.3 Å². The number of aromatic nitrogens is 2. The second-order valence-electron chi connectivity index (χ2n) is 7.38. The maximum Gasteiger partial charge on any atom is 0.289 e. The number of piperazine rings is 1. The average molecular weight is 461 g/mol. The normalized spacial score (nSPS) is 15.4. The molecule has 1 fully saturated rings. The number of sulfonamides is 1. The first-order valence-corrected chi connectivity index (χ1v) is 12.3. The molecule has 1 aromatic carbocycles. The van der Waals surface area contributed by atoms with Crippen molar-refractivity contribution in [3.05, 3.63) is 65.9 Å². The molecule has 0 atom stereocenters. The largest absolute Gasteiger partial charge is 0.455 e. The van der Waals surface area contributed by atoms with Crippen LogP contribution in [0.5, 0.6) is 0 Å². The summed E-state index contributed by atoms with van der Waals surface area (Å²) in [7, 11) is -1.64. The van der Waals surface area contributed by atoms with Gasteiger partial charge in [-0.25, -0.2) is 13.4 Å². The number of carbonyl (C=O) groups excluding carboxylic acids is 1. The molecular weight excluding hydrogens is 436 g/mol. The molecule has 1 aliphatic heterocycles. The predicted molar refractivity (Wildman–Crippen MR) is 117 cm³/mol. The third-order valence-electron chi connectivity index (χ3n) is 5.18. The van der Waals surface area contributed by atoms with Gasteiger partial charge in [-0.1, -0.05) is 29.5 Å². The number of hydrogen-bond donors (Lipinski definition) is 0. The third kappa shape index (κ3) is 4.70. The molecule has 31 heavy (non-hydrogen) atoms. The molecule has 0 N–H and O–H groups in total. The summed E-state index contributed by atoms with van der Waals surface area (Å²) < 4.78 is 34.8. The lowest BCUT2D eigenvalue weighted by atomic mass is 10.2. The van der Waals surface area contributed by atoms with E-state index in [-0.39, 0.29) is 29.7 Å². The lowest BCUT2D eigenvalue weighted by Gasteiger charge is -2.33. The van der Waals surface area contributed by atoms with Crippen LogP contribution in [-0.4, -0.2) is 59.3 Å². The fourth-order valence-electron chi connectivity index (χ4n) is 3.34. The van der Waals surface area contributed by atoms with Gasteiger partial charge in [-0.05, 0) is 31.2 Å². The van der Waals surface area contributed by atoms with Gasteiger partial charge in [0.2, 0.25) is 10.0 Å². The van der Waals surface area contributed by atoms with Crippen LogP contribution in [0, 0.1) is 6.92 Å². The van der Waals surface area contributed by atoms with Crippen LogP contribution in [0.4, 0.5) is 0 Å². The fourth-order valence-corrected chi connectivity index (χ4v) is 5.59. The van der Waals surface area contributed by atoms with E-state index in [1.165, 1.54) is 16.1 Å². The van der Waals surface area contributed by atoms with E-state index in [1.807, 2.05) is 24.7 Å². The van der Waals surface area contributed by atoms with Crippen LogP contribution in [0.1, 0.15) is 21.9 Å². The van der Waals surface area contributed by atoms with Gasteiger partial charge in [0.05, 0.1) is 10.6 Å². The van der Waals surface area contributed by atoms with Crippen molar-refractivity contribution in [2.24, 2.45) is 7.05 Å². The molecule has 8 nitrogen and oxygen atoms in total. The van der Waals surface area contributed by atoms with Crippen molar-refractivity contribution >= 4 is 27.7 Å². The van der Waals surface area contributed by atoms with Gasteiger partial charge in [-0.15, -0.1) is 0 Å². The quantitative estimate of drug-likeness (QED) is 0.526. The summed E-state index contributed by atoms with van der Waals surface area (Å²) in [6.45, 7) is 3.07. The summed E-state index contributed by atoms with van der Waals surface area (Å²) in [6.07, 6.45) is 3.61. The Morgan fingerprint density at radius 2 is 1.81 bits per heavy atom. The Bertz CT molecular complexity index is 1160. The highest BCUT2D eigenvalue weighted by Gasteiger charge is 2.31. The monoisotopic (exact) mass is 460 g/mol. The molecule has 0 bridgehead atoms. The molecule has 3 aromatic rings. The standard InChI is InChI=1S/C21H24N4O4S2/c1-16-3-6-18(7-4-16)31(27,28)25-13-11-24(12-14-25)20(26)19-8-5-17(29-19)15-30-21-22-9-10-23(21)2/h3-10H,11-15H2,1-2H3. The zero-order valence-electron chi connectivity index (χ0n) is 17.4. The lowest BCUT2D eigenvalue weighted by Crippen LogP contribution is -2.50. The third-order valence-corrected chi connectivity index (χ3v) is 8.17. The van der Waals surface area contributed by atoms with Gasteiger partial charge in [0.1, 0.15) is 5.76 Å². The molecule has 0 aliphatic carbocycles. The SMILES string of the molecule is Cc1ccc(S(=O)(=O)N2CCN(C(=O)c3ccc(CSc4nccn4C)o3)CC2)cc1. The van der Waals surface area contributed by atoms with Crippen molar-refractivity contribution in [3.8, 4) is 0 Å². The van der Waals surface area contributed by atoms with Crippen LogP contribution in [0.2, 0.25) is 0 Å². The first-order valence-electron chi connectivity index (χ1n) is 9.89. The molecule has 2 aromatic heterocycles. The zero-order chi connectivity index (χ0) is 22.0. The highest BCUT2D eigenvalue weighted by Crippen LogP contribution is 2.23. The van der Waals surface area contributed by atoms with E-state index in [1.54, 1.807) is 47.5 Å². The Hall–Kier alpha value is -2.56. The fraction of sp³-hybridized carbons (Fsp3) is 0.333. The Morgan fingerprint density at radius 3 is 2.45 bits per heavy atom. The number of hydrogen-bond acceptors (Lipinski definition) is 6. The highest BCUT2D eigenvalue weighted by molar-refractivity contribution is 7.98. The molecule has 3 heterocycles. The molecule has 164 valence electrons. The summed E-state index contributed by atoms with van der Waals surface area (Å²) in [5.41, 5.74) is 1.01. The molecule has 0 radical (unpaired) electrons. The van der Waals surface area contributed by atoms with Gasteiger partial charge in [-0.2, -0.15) is 4.31 Å².